The summed E-state index contributed by atoms with van der Waals surface area (Å²) >= 11 is 0. The molecule has 3 aromatic rings. The maximum absolute atomic E-state index is 13.0. The van der Waals surface area contributed by atoms with E-state index in [1.54, 1.807) is 12.1 Å². The highest BCUT2D eigenvalue weighted by molar-refractivity contribution is 7.92. The molecule has 0 saturated carbocycles. The Hall–Kier alpha value is -3.32. The van der Waals surface area contributed by atoms with E-state index in [9.17, 15) is 13.2 Å². The predicted molar refractivity (Wildman–Crippen MR) is 156 cm³/mol. The number of nitrogens with zero attached hydrogens (tertiary/aromatic N) is 2. The van der Waals surface area contributed by atoms with Gasteiger partial charge in [0.2, 0.25) is 10.0 Å². The molecule has 4 rings (SSSR count). The molecule has 0 bridgehead atoms. The summed E-state index contributed by atoms with van der Waals surface area (Å²) < 4.78 is 26.7. The first-order valence-corrected chi connectivity index (χ1v) is 15.2. The van der Waals surface area contributed by atoms with Crippen molar-refractivity contribution >= 4 is 27.3 Å². The van der Waals surface area contributed by atoms with E-state index < -0.39 is 10.0 Å². The van der Waals surface area contributed by atoms with Crippen molar-refractivity contribution in [1.82, 2.24) is 5.32 Å². The van der Waals surface area contributed by atoms with Crippen LogP contribution < -0.4 is 14.5 Å². The van der Waals surface area contributed by atoms with Crippen LogP contribution in [0.5, 0.6) is 0 Å². The Labute approximate surface area is 227 Å². The van der Waals surface area contributed by atoms with Crippen LogP contribution in [0.15, 0.2) is 66.7 Å². The van der Waals surface area contributed by atoms with Crippen molar-refractivity contribution in [2.75, 3.05) is 28.6 Å². The van der Waals surface area contributed by atoms with Gasteiger partial charge in [-0.05, 0) is 86.1 Å². The molecule has 3 aromatic carbocycles. The molecule has 1 atom stereocenters. The van der Waals surface area contributed by atoms with Crippen molar-refractivity contribution in [3.05, 3.63) is 94.5 Å². The van der Waals surface area contributed by atoms with E-state index in [4.69, 9.17) is 0 Å². The second-order valence-corrected chi connectivity index (χ2v) is 12.6. The Morgan fingerprint density at radius 3 is 2.11 bits per heavy atom. The molecule has 0 spiro atoms. The molecule has 38 heavy (non-hydrogen) atoms. The monoisotopic (exact) mass is 533 g/mol. The minimum atomic E-state index is -3.50. The quantitative estimate of drug-likeness (QED) is 0.386. The SMILES string of the molecule is Cc1cccc(C)c1N(Cc1ccc(C(=O)N[C@H](C)c2ccc(N3CCC(C)CC3)cc2)cc1)S(C)(=O)=O. The Balaban J connectivity index is 1.41. The summed E-state index contributed by atoms with van der Waals surface area (Å²) in [5.41, 5.74) is 6.15. The Bertz CT molecular complexity index is 1340. The van der Waals surface area contributed by atoms with E-state index in [1.165, 1.54) is 29.1 Å². The molecule has 7 heteroatoms. The van der Waals surface area contributed by atoms with Crippen LogP contribution in [0.3, 0.4) is 0 Å². The Morgan fingerprint density at radius 2 is 1.55 bits per heavy atom. The zero-order valence-corrected chi connectivity index (χ0v) is 23.9. The predicted octanol–water partition coefficient (Wildman–Crippen LogP) is 6.00. The lowest BCUT2D eigenvalue weighted by Gasteiger charge is -2.32. The largest absolute Gasteiger partial charge is 0.372 e. The minimum Gasteiger partial charge on any atom is -0.372 e. The third-order valence-electron chi connectivity index (χ3n) is 7.52. The van der Waals surface area contributed by atoms with Gasteiger partial charge in [0.15, 0.2) is 0 Å². The van der Waals surface area contributed by atoms with Gasteiger partial charge in [0, 0.05) is 24.3 Å². The molecule has 202 valence electrons. The van der Waals surface area contributed by atoms with Gasteiger partial charge in [-0.1, -0.05) is 49.4 Å². The number of carbonyl (C=O) groups is 1. The van der Waals surface area contributed by atoms with E-state index >= 15 is 0 Å². The lowest BCUT2D eigenvalue weighted by molar-refractivity contribution is 0.0940. The summed E-state index contributed by atoms with van der Waals surface area (Å²) in [5, 5.41) is 3.08. The lowest BCUT2D eigenvalue weighted by Crippen LogP contribution is -2.32. The topological polar surface area (TPSA) is 69.7 Å². The standard InChI is InChI=1S/C31H39N3O3S/c1-22-17-19-33(20-18-22)29-15-13-27(14-16-29)25(4)32-31(35)28-11-9-26(10-12-28)21-34(38(5,36)37)30-23(2)7-6-8-24(30)3/h6-16,22,25H,17-21H2,1-5H3,(H,32,35)/t25-/m1/s1. The highest BCUT2D eigenvalue weighted by Gasteiger charge is 2.22. The Morgan fingerprint density at radius 1 is 0.974 bits per heavy atom. The second-order valence-electron chi connectivity index (χ2n) is 10.7. The number of para-hydroxylation sites is 1. The number of piperidine rings is 1. The molecule has 1 fully saturated rings. The average molecular weight is 534 g/mol. The highest BCUT2D eigenvalue weighted by atomic mass is 32.2. The van der Waals surface area contributed by atoms with Crippen LogP contribution in [0.4, 0.5) is 11.4 Å². The first kappa shape index (κ1) is 27.7. The van der Waals surface area contributed by atoms with E-state index in [2.05, 4.69) is 41.4 Å². The van der Waals surface area contributed by atoms with Crippen molar-refractivity contribution in [2.45, 2.75) is 53.1 Å². The van der Waals surface area contributed by atoms with Crippen molar-refractivity contribution in [1.29, 1.82) is 0 Å². The Kier molecular flexibility index (Phi) is 8.46. The maximum Gasteiger partial charge on any atom is 0.251 e. The summed E-state index contributed by atoms with van der Waals surface area (Å²) in [4.78, 5) is 15.4. The van der Waals surface area contributed by atoms with E-state index in [-0.39, 0.29) is 18.5 Å². The molecule has 6 nitrogen and oxygen atoms in total. The number of hydrogen-bond acceptors (Lipinski definition) is 4. The molecule has 1 amide bonds. The summed E-state index contributed by atoms with van der Waals surface area (Å²) in [6, 6.07) is 21.2. The molecule has 0 aliphatic carbocycles. The smallest absolute Gasteiger partial charge is 0.251 e. The van der Waals surface area contributed by atoms with Crippen molar-refractivity contribution in [2.24, 2.45) is 5.92 Å². The number of hydrogen-bond donors (Lipinski definition) is 1. The number of benzene rings is 3. The van der Waals surface area contributed by atoms with Gasteiger partial charge in [0.1, 0.15) is 0 Å². The van der Waals surface area contributed by atoms with Gasteiger partial charge in [-0.15, -0.1) is 0 Å². The van der Waals surface area contributed by atoms with Gasteiger partial charge in [-0.2, -0.15) is 0 Å². The molecular formula is C31H39N3O3S. The fourth-order valence-corrected chi connectivity index (χ4v) is 6.10. The average Bonchev–Trinajstić information content (AvgIpc) is 2.88. The molecule has 1 N–H and O–H groups in total. The fraction of sp³-hybridized carbons (Fsp3) is 0.387. The van der Waals surface area contributed by atoms with Gasteiger partial charge in [-0.3, -0.25) is 9.10 Å². The van der Waals surface area contributed by atoms with Crippen LogP contribution in [0, 0.1) is 19.8 Å². The normalized spacial score (nSPS) is 15.2. The second kappa shape index (κ2) is 11.6. The maximum atomic E-state index is 13.0. The fourth-order valence-electron chi connectivity index (χ4n) is 5.09. The number of nitrogens with one attached hydrogen (secondary N) is 1. The van der Waals surface area contributed by atoms with Gasteiger partial charge in [0.25, 0.3) is 5.91 Å². The minimum absolute atomic E-state index is 0.137. The third-order valence-corrected chi connectivity index (χ3v) is 8.63. The van der Waals surface area contributed by atoms with Crippen molar-refractivity contribution in [3.63, 3.8) is 0 Å². The first-order valence-electron chi connectivity index (χ1n) is 13.3. The molecule has 1 heterocycles. The summed E-state index contributed by atoms with van der Waals surface area (Å²) in [7, 11) is -3.50. The number of sulfonamides is 1. The van der Waals surface area contributed by atoms with Crippen LogP contribution >= 0.6 is 0 Å². The zero-order chi connectivity index (χ0) is 27.4. The number of rotatable bonds is 8. The van der Waals surface area contributed by atoms with E-state index in [1.807, 2.05) is 51.1 Å². The zero-order valence-electron chi connectivity index (χ0n) is 23.1. The molecule has 1 aliphatic rings. The van der Waals surface area contributed by atoms with Crippen molar-refractivity contribution in [3.8, 4) is 0 Å². The van der Waals surface area contributed by atoms with Gasteiger partial charge < -0.3 is 10.2 Å². The molecule has 1 aliphatic heterocycles. The highest BCUT2D eigenvalue weighted by Crippen LogP contribution is 2.29. The third kappa shape index (κ3) is 6.57. The molecular weight excluding hydrogens is 494 g/mol. The van der Waals surface area contributed by atoms with Crippen LogP contribution in [0.1, 0.15) is 65.3 Å². The number of aryl methyl sites for hydroxylation is 2. The first-order chi connectivity index (χ1) is 18.0. The lowest BCUT2D eigenvalue weighted by atomic mass is 9.98. The summed E-state index contributed by atoms with van der Waals surface area (Å²) in [6.45, 7) is 10.5. The van der Waals surface area contributed by atoms with Crippen LogP contribution in [-0.2, 0) is 16.6 Å². The van der Waals surface area contributed by atoms with E-state index in [0.29, 0.717) is 11.3 Å². The van der Waals surface area contributed by atoms with Gasteiger partial charge in [0.05, 0.1) is 24.5 Å². The molecule has 0 aromatic heterocycles. The number of carbonyl (C=O) groups excluding carboxylic acids is 1. The molecule has 0 radical (unpaired) electrons. The van der Waals surface area contributed by atoms with Gasteiger partial charge in [-0.25, -0.2) is 8.42 Å². The molecule has 0 unspecified atom stereocenters. The number of amides is 1. The van der Waals surface area contributed by atoms with Crippen LogP contribution in [0.25, 0.3) is 0 Å². The van der Waals surface area contributed by atoms with Crippen LogP contribution in [-0.4, -0.2) is 33.7 Å². The van der Waals surface area contributed by atoms with E-state index in [0.717, 1.165) is 41.3 Å². The van der Waals surface area contributed by atoms with Gasteiger partial charge >= 0.3 is 0 Å². The van der Waals surface area contributed by atoms with Crippen molar-refractivity contribution < 1.29 is 13.2 Å². The summed E-state index contributed by atoms with van der Waals surface area (Å²) in [6.07, 6.45) is 3.68. The van der Waals surface area contributed by atoms with Crippen LogP contribution in [0.2, 0.25) is 0 Å². The summed E-state index contributed by atoms with van der Waals surface area (Å²) in [5.74, 6) is 0.638. The number of anilines is 2. The molecule has 1 saturated heterocycles.